The van der Waals surface area contributed by atoms with E-state index in [0.29, 0.717) is 32.1 Å². The molecule has 2 aromatic carbocycles. The van der Waals surface area contributed by atoms with Gasteiger partial charge in [-0.25, -0.2) is 4.68 Å². The SMILES string of the molecule is CCOC[C@H](O)CN(Cc1ccco1)Cc1c(C)nn(-c2ccccc2)c1Oc1cccc(C)c1. The Bertz CT molecular complexity index is 1190. The molecule has 1 atom stereocenters. The first kappa shape index (κ1) is 24.7. The van der Waals surface area contributed by atoms with Crippen LogP contribution < -0.4 is 4.74 Å². The molecular weight excluding hydrogens is 442 g/mol. The molecule has 2 heterocycles. The van der Waals surface area contributed by atoms with Crippen molar-refractivity contribution in [2.45, 2.75) is 40.0 Å². The third kappa shape index (κ3) is 6.60. The summed E-state index contributed by atoms with van der Waals surface area (Å²) in [7, 11) is 0. The van der Waals surface area contributed by atoms with Gasteiger partial charge in [0.05, 0.1) is 42.5 Å². The van der Waals surface area contributed by atoms with Gasteiger partial charge in [-0.3, -0.25) is 4.90 Å². The number of aryl methyl sites for hydroxylation is 2. The predicted octanol–water partition coefficient (Wildman–Crippen LogP) is 5.27. The van der Waals surface area contributed by atoms with E-state index in [9.17, 15) is 5.11 Å². The lowest BCUT2D eigenvalue weighted by Crippen LogP contribution is -2.34. The van der Waals surface area contributed by atoms with E-state index < -0.39 is 6.10 Å². The Kier molecular flexibility index (Phi) is 8.36. The van der Waals surface area contributed by atoms with Crippen LogP contribution in [0.1, 0.15) is 29.5 Å². The zero-order chi connectivity index (χ0) is 24.6. The second-order valence-corrected chi connectivity index (χ2v) is 8.60. The van der Waals surface area contributed by atoms with Gasteiger partial charge in [0.1, 0.15) is 11.5 Å². The maximum Gasteiger partial charge on any atom is 0.227 e. The van der Waals surface area contributed by atoms with Crippen molar-refractivity contribution in [3.8, 4) is 17.3 Å². The number of hydrogen-bond acceptors (Lipinski definition) is 6. The van der Waals surface area contributed by atoms with E-state index in [4.69, 9.17) is 19.0 Å². The smallest absolute Gasteiger partial charge is 0.227 e. The first-order chi connectivity index (χ1) is 17.0. The second kappa shape index (κ2) is 11.8. The average molecular weight is 476 g/mol. The number of ether oxygens (including phenoxy) is 2. The predicted molar refractivity (Wildman–Crippen MR) is 135 cm³/mol. The summed E-state index contributed by atoms with van der Waals surface area (Å²) in [6.07, 6.45) is 1.03. The average Bonchev–Trinajstić information content (AvgIpc) is 3.47. The van der Waals surface area contributed by atoms with Crippen molar-refractivity contribution >= 4 is 0 Å². The quantitative estimate of drug-likeness (QED) is 0.301. The summed E-state index contributed by atoms with van der Waals surface area (Å²) in [6, 6.07) is 21.7. The molecule has 184 valence electrons. The summed E-state index contributed by atoms with van der Waals surface area (Å²) in [4.78, 5) is 2.13. The minimum atomic E-state index is -0.629. The van der Waals surface area contributed by atoms with Gasteiger partial charge in [-0.1, -0.05) is 30.3 Å². The first-order valence-electron chi connectivity index (χ1n) is 11.9. The van der Waals surface area contributed by atoms with E-state index in [0.717, 1.165) is 34.0 Å². The van der Waals surface area contributed by atoms with Crippen molar-refractivity contribution in [1.82, 2.24) is 14.7 Å². The topological polar surface area (TPSA) is 72.9 Å². The van der Waals surface area contributed by atoms with Crippen molar-refractivity contribution in [2.24, 2.45) is 0 Å². The number of furan rings is 1. The molecule has 4 aromatic rings. The molecule has 0 aliphatic heterocycles. The lowest BCUT2D eigenvalue weighted by atomic mass is 10.2. The molecule has 0 amide bonds. The fourth-order valence-electron chi connectivity index (χ4n) is 4.00. The monoisotopic (exact) mass is 475 g/mol. The highest BCUT2D eigenvalue weighted by molar-refractivity contribution is 5.43. The first-order valence-corrected chi connectivity index (χ1v) is 11.9. The van der Waals surface area contributed by atoms with Gasteiger partial charge in [0.15, 0.2) is 0 Å². The maximum absolute atomic E-state index is 10.6. The summed E-state index contributed by atoms with van der Waals surface area (Å²) >= 11 is 0. The van der Waals surface area contributed by atoms with E-state index >= 15 is 0 Å². The molecule has 0 unspecified atom stereocenters. The van der Waals surface area contributed by atoms with E-state index in [-0.39, 0.29) is 6.61 Å². The summed E-state index contributed by atoms with van der Waals surface area (Å²) in [6.45, 7) is 8.26. The van der Waals surface area contributed by atoms with Crippen molar-refractivity contribution in [3.05, 3.63) is 95.6 Å². The summed E-state index contributed by atoms with van der Waals surface area (Å²) in [5.41, 5.74) is 3.84. The van der Waals surface area contributed by atoms with Crippen LogP contribution in [-0.2, 0) is 17.8 Å². The highest BCUT2D eigenvalue weighted by Crippen LogP contribution is 2.32. The van der Waals surface area contributed by atoms with E-state index in [2.05, 4.69) is 4.90 Å². The molecule has 7 heteroatoms. The molecule has 2 aromatic heterocycles. The van der Waals surface area contributed by atoms with Crippen molar-refractivity contribution in [3.63, 3.8) is 0 Å². The van der Waals surface area contributed by atoms with Crippen molar-refractivity contribution < 1.29 is 19.0 Å². The van der Waals surface area contributed by atoms with Gasteiger partial charge in [0.25, 0.3) is 0 Å². The molecule has 35 heavy (non-hydrogen) atoms. The fourth-order valence-corrected chi connectivity index (χ4v) is 4.00. The van der Waals surface area contributed by atoms with Crippen LogP contribution in [-0.4, -0.2) is 45.6 Å². The molecular formula is C28H33N3O4. The largest absolute Gasteiger partial charge is 0.468 e. The molecule has 0 bridgehead atoms. The minimum Gasteiger partial charge on any atom is -0.468 e. The van der Waals surface area contributed by atoms with Gasteiger partial charge in [-0.05, 0) is 62.7 Å². The van der Waals surface area contributed by atoms with E-state index in [1.54, 1.807) is 6.26 Å². The fraction of sp³-hybridized carbons (Fsp3) is 0.321. The Morgan fingerprint density at radius 2 is 1.86 bits per heavy atom. The van der Waals surface area contributed by atoms with E-state index in [1.165, 1.54) is 0 Å². The summed E-state index contributed by atoms with van der Waals surface area (Å²) in [5, 5.41) is 15.4. The molecule has 0 aliphatic rings. The Morgan fingerprint density at radius 1 is 1.03 bits per heavy atom. The maximum atomic E-state index is 10.6. The summed E-state index contributed by atoms with van der Waals surface area (Å²) in [5.74, 6) is 2.23. The van der Waals surface area contributed by atoms with Crippen LogP contribution in [0.25, 0.3) is 5.69 Å². The Morgan fingerprint density at radius 3 is 2.57 bits per heavy atom. The second-order valence-electron chi connectivity index (χ2n) is 8.60. The van der Waals surface area contributed by atoms with Gasteiger partial charge in [0.2, 0.25) is 5.88 Å². The van der Waals surface area contributed by atoms with Gasteiger partial charge < -0.3 is 19.0 Å². The highest BCUT2D eigenvalue weighted by atomic mass is 16.5. The number of nitrogens with zero attached hydrogens (tertiary/aromatic N) is 3. The van der Waals surface area contributed by atoms with E-state index in [1.807, 2.05) is 92.2 Å². The van der Waals surface area contributed by atoms with Crippen LogP contribution in [0, 0.1) is 13.8 Å². The van der Waals surface area contributed by atoms with Crippen LogP contribution >= 0.6 is 0 Å². The van der Waals surface area contributed by atoms with Gasteiger partial charge in [0, 0.05) is 19.7 Å². The Balaban J connectivity index is 1.69. The molecule has 0 spiro atoms. The Hall–Kier alpha value is -3.39. The number of aromatic nitrogens is 2. The molecule has 0 aliphatic carbocycles. The summed E-state index contributed by atoms with van der Waals surface area (Å²) < 4.78 is 19.3. The zero-order valence-electron chi connectivity index (χ0n) is 20.6. The molecule has 7 nitrogen and oxygen atoms in total. The van der Waals surface area contributed by atoms with Gasteiger partial charge in [-0.2, -0.15) is 5.10 Å². The molecule has 0 fully saturated rings. The third-order valence-corrected chi connectivity index (χ3v) is 5.67. The van der Waals surface area contributed by atoms with Crippen LogP contribution in [0.15, 0.2) is 77.4 Å². The lowest BCUT2D eigenvalue weighted by molar-refractivity contribution is 0.0166. The number of benzene rings is 2. The lowest BCUT2D eigenvalue weighted by Gasteiger charge is -2.24. The van der Waals surface area contributed by atoms with Crippen LogP contribution in [0.2, 0.25) is 0 Å². The number of hydrogen-bond donors (Lipinski definition) is 1. The number of para-hydroxylation sites is 1. The Labute approximate surface area is 206 Å². The molecule has 1 N–H and O–H groups in total. The molecule has 4 rings (SSSR count). The third-order valence-electron chi connectivity index (χ3n) is 5.67. The molecule has 0 saturated heterocycles. The van der Waals surface area contributed by atoms with Gasteiger partial charge in [-0.15, -0.1) is 0 Å². The van der Waals surface area contributed by atoms with Crippen molar-refractivity contribution in [2.75, 3.05) is 19.8 Å². The highest BCUT2D eigenvalue weighted by Gasteiger charge is 2.23. The number of rotatable bonds is 12. The molecule has 0 radical (unpaired) electrons. The number of aliphatic hydroxyl groups excluding tert-OH is 1. The van der Waals surface area contributed by atoms with Crippen molar-refractivity contribution in [1.29, 1.82) is 0 Å². The zero-order valence-corrected chi connectivity index (χ0v) is 20.6. The molecule has 0 saturated carbocycles. The van der Waals surface area contributed by atoms with Crippen LogP contribution in [0.5, 0.6) is 11.6 Å². The standard InChI is InChI=1S/C28H33N3O4/c1-4-33-20-24(32)17-30(18-26-14-9-15-34-26)19-27-22(3)29-31(23-11-6-5-7-12-23)28(27)35-25-13-8-10-21(2)16-25/h5-16,24,32H,4,17-20H2,1-3H3/t24-/m1/s1. The number of aliphatic hydroxyl groups is 1. The van der Waals surface area contributed by atoms with Crippen LogP contribution in [0.4, 0.5) is 0 Å². The van der Waals surface area contributed by atoms with Gasteiger partial charge >= 0.3 is 0 Å². The van der Waals surface area contributed by atoms with Crippen LogP contribution in [0.3, 0.4) is 0 Å². The normalized spacial score (nSPS) is 12.3. The minimum absolute atomic E-state index is 0.278.